The second-order valence-corrected chi connectivity index (χ2v) is 9.36. The van der Waals surface area contributed by atoms with Gasteiger partial charge in [-0.25, -0.2) is 4.39 Å². The van der Waals surface area contributed by atoms with E-state index in [0.717, 1.165) is 28.3 Å². The summed E-state index contributed by atoms with van der Waals surface area (Å²) in [5, 5.41) is 0.728. The molecule has 3 amide bonds. The summed E-state index contributed by atoms with van der Waals surface area (Å²) in [5.74, 6) is -0.338. The molecule has 0 N–H and O–H groups in total. The van der Waals surface area contributed by atoms with Crippen molar-refractivity contribution >= 4 is 34.1 Å². The number of rotatable bonds is 3. The van der Waals surface area contributed by atoms with E-state index >= 15 is 0 Å². The predicted molar refractivity (Wildman–Crippen MR) is 111 cm³/mol. The van der Waals surface area contributed by atoms with Gasteiger partial charge in [0.1, 0.15) is 17.4 Å². The average Bonchev–Trinajstić information content (AvgIpc) is 3.49. The van der Waals surface area contributed by atoms with Gasteiger partial charge in [0.2, 0.25) is 5.91 Å². The molecule has 0 spiro atoms. The number of anilines is 1. The third-order valence-electron chi connectivity index (χ3n) is 6.01. The highest BCUT2D eigenvalue weighted by Gasteiger charge is 2.39. The lowest BCUT2D eigenvalue weighted by Gasteiger charge is -2.27. The molecule has 30 heavy (non-hydrogen) atoms. The van der Waals surface area contributed by atoms with E-state index in [1.165, 1.54) is 34.4 Å². The molecule has 2 aliphatic heterocycles. The van der Waals surface area contributed by atoms with Crippen LogP contribution in [-0.2, 0) is 17.8 Å². The Morgan fingerprint density at radius 1 is 1.23 bits per heavy atom. The number of carbonyl (C=O) groups excluding carboxylic acids is 3. The molecule has 1 aliphatic carbocycles. The van der Waals surface area contributed by atoms with E-state index < -0.39 is 5.82 Å². The first-order valence-electron chi connectivity index (χ1n) is 10.2. The molecule has 3 aliphatic rings. The minimum absolute atomic E-state index is 0.0530. The van der Waals surface area contributed by atoms with E-state index in [0.29, 0.717) is 43.1 Å². The second kappa shape index (κ2) is 7.19. The highest BCUT2D eigenvalue weighted by Crippen LogP contribution is 2.43. The number of carbonyl (C=O) groups is 3. The number of fused-ring (bicyclic) bond motifs is 3. The van der Waals surface area contributed by atoms with Gasteiger partial charge in [-0.15, -0.1) is 11.3 Å². The minimum Gasteiger partial charge on any atom is -0.333 e. The molecular weight excluding hydrogens is 405 g/mol. The zero-order chi connectivity index (χ0) is 21.0. The van der Waals surface area contributed by atoms with Crippen LogP contribution in [0.15, 0.2) is 24.3 Å². The van der Waals surface area contributed by atoms with Crippen LogP contribution >= 0.6 is 11.3 Å². The van der Waals surface area contributed by atoms with Crippen molar-refractivity contribution in [3.63, 3.8) is 0 Å². The highest BCUT2D eigenvalue weighted by atomic mass is 32.1. The van der Waals surface area contributed by atoms with Gasteiger partial charge in [0.25, 0.3) is 11.8 Å². The van der Waals surface area contributed by atoms with E-state index in [1.807, 2.05) is 0 Å². The van der Waals surface area contributed by atoms with Crippen molar-refractivity contribution in [1.29, 1.82) is 0 Å². The van der Waals surface area contributed by atoms with Crippen molar-refractivity contribution in [2.24, 2.45) is 5.92 Å². The van der Waals surface area contributed by atoms with E-state index in [-0.39, 0.29) is 24.3 Å². The number of nitrogens with zero attached hydrogens (tertiary/aromatic N) is 3. The molecular formula is C22H22FN3O3S. The summed E-state index contributed by atoms with van der Waals surface area (Å²) in [6.45, 7) is 1.56. The van der Waals surface area contributed by atoms with Gasteiger partial charge < -0.3 is 14.7 Å². The van der Waals surface area contributed by atoms with Crippen molar-refractivity contribution in [3.8, 4) is 0 Å². The standard InChI is InChI=1S/C22H22FN3O3S/c1-24-12-18(27)26(10-13-5-6-13)22-19(21(24)29)16-7-8-25(11-17(16)30-22)20(28)14-3-2-4-15(23)9-14/h2-4,9,13H,5-8,10-12H2,1H3. The summed E-state index contributed by atoms with van der Waals surface area (Å²) in [6, 6.07) is 5.70. The van der Waals surface area contributed by atoms with Gasteiger partial charge in [-0.1, -0.05) is 6.07 Å². The molecule has 0 unspecified atom stereocenters. The summed E-state index contributed by atoms with van der Waals surface area (Å²) in [6.07, 6.45) is 2.78. The highest BCUT2D eigenvalue weighted by molar-refractivity contribution is 7.17. The molecule has 3 heterocycles. The fourth-order valence-electron chi connectivity index (χ4n) is 4.18. The van der Waals surface area contributed by atoms with Crippen molar-refractivity contribution < 1.29 is 18.8 Å². The number of likely N-dealkylation sites (N-methyl/N-ethyl adjacent to an activating group) is 1. The molecule has 0 radical (unpaired) electrons. The number of thiophene rings is 1. The first kappa shape index (κ1) is 19.2. The van der Waals surface area contributed by atoms with Crippen LogP contribution in [0.3, 0.4) is 0 Å². The maximum absolute atomic E-state index is 13.5. The summed E-state index contributed by atoms with van der Waals surface area (Å²) >= 11 is 1.45. The largest absolute Gasteiger partial charge is 0.333 e. The van der Waals surface area contributed by atoms with Crippen molar-refractivity contribution in [2.45, 2.75) is 25.8 Å². The Balaban J connectivity index is 1.49. The molecule has 8 heteroatoms. The monoisotopic (exact) mass is 427 g/mol. The average molecular weight is 428 g/mol. The van der Waals surface area contributed by atoms with Crippen LogP contribution in [0.2, 0.25) is 0 Å². The van der Waals surface area contributed by atoms with Crippen LogP contribution in [0.5, 0.6) is 0 Å². The van der Waals surface area contributed by atoms with Gasteiger partial charge in [0, 0.05) is 30.6 Å². The van der Waals surface area contributed by atoms with E-state index in [9.17, 15) is 18.8 Å². The van der Waals surface area contributed by atoms with Crippen molar-refractivity contribution in [1.82, 2.24) is 9.80 Å². The lowest BCUT2D eigenvalue weighted by Crippen LogP contribution is -2.38. The Morgan fingerprint density at radius 2 is 2.03 bits per heavy atom. The molecule has 156 valence electrons. The summed E-state index contributed by atoms with van der Waals surface area (Å²) in [4.78, 5) is 44.7. The maximum atomic E-state index is 13.5. The Kier molecular flexibility index (Phi) is 4.61. The Labute approximate surface area is 177 Å². The zero-order valence-corrected chi connectivity index (χ0v) is 17.5. The molecule has 0 saturated heterocycles. The number of amides is 3. The summed E-state index contributed by atoms with van der Waals surface area (Å²) in [7, 11) is 1.66. The first-order valence-corrected chi connectivity index (χ1v) is 11.0. The topological polar surface area (TPSA) is 60.9 Å². The minimum atomic E-state index is -0.441. The van der Waals surface area contributed by atoms with E-state index in [1.54, 1.807) is 22.9 Å². The van der Waals surface area contributed by atoms with Crippen molar-refractivity contribution in [2.75, 3.05) is 31.6 Å². The Bertz CT molecular complexity index is 1060. The smallest absolute Gasteiger partial charge is 0.257 e. The van der Waals surface area contributed by atoms with Gasteiger partial charge in [0.15, 0.2) is 0 Å². The van der Waals surface area contributed by atoms with Crippen LogP contribution in [0, 0.1) is 11.7 Å². The Morgan fingerprint density at radius 3 is 2.77 bits per heavy atom. The molecule has 1 aromatic carbocycles. The van der Waals surface area contributed by atoms with Gasteiger partial charge in [-0.2, -0.15) is 0 Å². The fraction of sp³-hybridized carbons (Fsp3) is 0.409. The van der Waals surface area contributed by atoms with Crippen LogP contribution in [0.1, 0.15) is 44.0 Å². The Hall–Kier alpha value is -2.74. The quantitative estimate of drug-likeness (QED) is 0.757. The van der Waals surface area contributed by atoms with Crippen LogP contribution < -0.4 is 4.90 Å². The van der Waals surface area contributed by atoms with Gasteiger partial charge in [-0.3, -0.25) is 14.4 Å². The first-order chi connectivity index (χ1) is 14.4. The molecule has 1 saturated carbocycles. The molecule has 6 nitrogen and oxygen atoms in total. The molecule has 1 fully saturated rings. The normalized spacial score (nSPS) is 18.9. The predicted octanol–water partition coefficient (Wildman–Crippen LogP) is 2.91. The number of benzene rings is 1. The van der Waals surface area contributed by atoms with Gasteiger partial charge in [0.05, 0.1) is 12.1 Å². The molecule has 0 bridgehead atoms. The summed E-state index contributed by atoms with van der Waals surface area (Å²) < 4.78 is 13.5. The maximum Gasteiger partial charge on any atom is 0.257 e. The van der Waals surface area contributed by atoms with Crippen molar-refractivity contribution in [3.05, 3.63) is 51.7 Å². The lowest BCUT2D eigenvalue weighted by molar-refractivity contribution is -0.119. The fourth-order valence-corrected chi connectivity index (χ4v) is 5.56. The molecule has 2 aromatic rings. The zero-order valence-electron chi connectivity index (χ0n) is 16.7. The SMILES string of the molecule is CN1CC(=O)N(CC2CC2)c2sc3c(c2C1=O)CCN(C(=O)c1cccc(F)c1)C3. The molecule has 0 atom stereocenters. The van der Waals surface area contributed by atoms with Crippen LogP contribution in [0.4, 0.5) is 9.39 Å². The number of hydrogen-bond donors (Lipinski definition) is 0. The number of halogens is 1. The van der Waals surface area contributed by atoms with E-state index in [2.05, 4.69) is 0 Å². The second-order valence-electron chi connectivity index (χ2n) is 8.28. The number of hydrogen-bond acceptors (Lipinski definition) is 4. The van der Waals surface area contributed by atoms with Crippen LogP contribution in [0.25, 0.3) is 0 Å². The molecule has 5 rings (SSSR count). The molecule has 1 aromatic heterocycles. The third-order valence-corrected chi connectivity index (χ3v) is 7.25. The third kappa shape index (κ3) is 3.29. The van der Waals surface area contributed by atoms with Gasteiger partial charge in [-0.05, 0) is 48.9 Å². The van der Waals surface area contributed by atoms with Crippen LogP contribution in [-0.4, -0.2) is 54.2 Å². The van der Waals surface area contributed by atoms with Gasteiger partial charge >= 0.3 is 0 Å². The summed E-state index contributed by atoms with van der Waals surface area (Å²) in [5.41, 5.74) is 1.89. The van der Waals surface area contributed by atoms with E-state index in [4.69, 9.17) is 0 Å². The lowest BCUT2D eigenvalue weighted by atomic mass is 10.0.